The summed E-state index contributed by atoms with van der Waals surface area (Å²) in [4.78, 5) is 18.8. The molecular formula is C15H21N5O. The largest absolute Gasteiger partial charge is 0.358 e. The summed E-state index contributed by atoms with van der Waals surface area (Å²) in [7, 11) is 1.68. The summed E-state index contributed by atoms with van der Waals surface area (Å²) < 4.78 is 2.04. The van der Waals surface area contributed by atoms with Gasteiger partial charge in [0.15, 0.2) is 0 Å². The third-order valence-corrected chi connectivity index (χ3v) is 3.92. The number of aromatic nitrogens is 2. The van der Waals surface area contributed by atoms with Gasteiger partial charge >= 0.3 is 0 Å². The zero-order chi connectivity index (χ0) is 14.8. The Kier molecular flexibility index (Phi) is 3.90. The van der Waals surface area contributed by atoms with Gasteiger partial charge in [0.1, 0.15) is 11.7 Å². The molecule has 21 heavy (non-hydrogen) atoms. The number of carbonyl (C=O) groups is 1. The molecule has 1 aliphatic rings. The molecule has 0 radical (unpaired) electrons. The first-order valence-electron chi connectivity index (χ1n) is 7.28. The van der Waals surface area contributed by atoms with Crippen LogP contribution in [0.1, 0.15) is 11.3 Å². The van der Waals surface area contributed by atoms with Gasteiger partial charge in [0.25, 0.3) is 0 Å². The maximum Gasteiger partial charge on any atom is 0.238 e. The van der Waals surface area contributed by atoms with E-state index in [1.807, 2.05) is 16.7 Å². The summed E-state index contributed by atoms with van der Waals surface area (Å²) in [6.07, 6.45) is 4.12. The lowest BCUT2D eigenvalue weighted by Crippen LogP contribution is -2.56. The number of amides is 1. The Bertz CT molecular complexity index is 651. The zero-order valence-electron chi connectivity index (χ0n) is 12.5. The summed E-state index contributed by atoms with van der Waals surface area (Å²) in [6, 6.07) is 3.95. The van der Waals surface area contributed by atoms with Crippen LogP contribution in [0.5, 0.6) is 0 Å². The number of aryl methyl sites for hydroxylation is 1. The normalized spacial score (nSPS) is 19.8. The number of likely N-dealkylation sites (N-methyl/N-ethyl adjacent to an activating group) is 1. The van der Waals surface area contributed by atoms with E-state index >= 15 is 0 Å². The predicted octanol–water partition coefficient (Wildman–Crippen LogP) is 0.163. The second kappa shape index (κ2) is 5.83. The number of piperazine rings is 1. The van der Waals surface area contributed by atoms with Gasteiger partial charge in [-0.1, -0.05) is 6.07 Å². The number of rotatable bonds is 3. The Labute approximate surface area is 124 Å². The number of nitrogens with one attached hydrogen (secondary N) is 2. The molecule has 0 aromatic carbocycles. The molecule has 2 aromatic heterocycles. The van der Waals surface area contributed by atoms with Gasteiger partial charge in [-0.05, 0) is 18.6 Å². The molecule has 0 saturated carbocycles. The first-order chi connectivity index (χ1) is 10.2. The number of hydrogen-bond acceptors (Lipinski definition) is 4. The quantitative estimate of drug-likeness (QED) is 0.844. The maximum atomic E-state index is 12.0. The highest BCUT2D eigenvalue weighted by molar-refractivity contribution is 5.81. The van der Waals surface area contributed by atoms with Crippen molar-refractivity contribution < 1.29 is 4.79 Å². The summed E-state index contributed by atoms with van der Waals surface area (Å²) in [5.41, 5.74) is 3.15. The van der Waals surface area contributed by atoms with E-state index in [9.17, 15) is 4.79 Å². The molecule has 112 valence electrons. The van der Waals surface area contributed by atoms with E-state index < -0.39 is 0 Å². The van der Waals surface area contributed by atoms with E-state index in [2.05, 4.69) is 39.7 Å². The molecule has 1 unspecified atom stereocenters. The van der Waals surface area contributed by atoms with Gasteiger partial charge in [-0.3, -0.25) is 9.69 Å². The summed E-state index contributed by atoms with van der Waals surface area (Å²) in [5, 5.41) is 6.01. The lowest BCUT2D eigenvalue weighted by atomic mass is 10.1. The fourth-order valence-corrected chi connectivity index (χ4v) is 2.80. The molecule has 0 bridgehead atoms. The van der Waals surface area contributed by atoms with Crippen LogP contribution in [-0.2, 0) is 11.3 Å². The number of fused-ring (bicyclic) bond motifs is 1. The highest BCUT2D eigenvalue weighted by atomic mass is 16.2. The molecule has 1 saturated heterocycles. The van der Waals surface area contributed by atoms with Crippen LogP contribution in [0.25, 0.3) is 5.65 Å². The monoisotopic (exact) mass is 287 g/mol. The standard InChI is InChI=1S/C15H21N5O/c1-11-3-4-14-18-12(10-20(14)8-11)9-19-6-5-17-7-13(19)15(21)16-2/h3-4,8,10,13,17H,5-7,9H2,1-2H3,(H,16,21). The second-order valence-corrected chi connectivity index (χ2v) is 5.51. The fraction of sp³-hybridized carbons (Fsp3) is 0.467. The van der Waals surface area contributed by atoms with E-state index in [-0.39, 0.29) is 11.9 Å². The SMILES string of the molecule is CNC(=O)C1CNCCN1Cc1cn2cc(C)ccc2n1. The lowest BCUT2D eigenvalue weighted by Gasteiger charge is -2.34. The molecule has 6 nitrogen and oxygen atoms in total. The van der Waals surface area contributed by atoms with Crippen LogP contribution in [-0.4, -0.2) is 52.9 Å². The molecule has 6 heteroatoms. The summed E-state index contributed by atoms with van der Waals surface area (Å²) >= 11 is 0. The number of nitrogens with zero attached hydrogens (tertiary/aromatic N) is 3. The van der Waals surface area contributed by atoms with Crippen molar-refractivity contribution in [2.75, 3.05) is 26.7 Å². The molecule has 3 rings (SSSR count). The molecule has 1 aliphatic heterocycles. The van der Waals surface area contributed by atoms with Crippen molar-refractivity contribution in [3.8, 4) is 0 Å². The van der Waals surface area contributed by atoms with Crippen molar-refractivity contribution in [2.45, 2.75) is 19.5 Å². The Morgan fingerprint density at radius 3 is 3.14 bits per heavy atom. The smallest absolute Gasteiger partial charge is 0.238 e. The van der Waals surface area contributed by atoms with Crippen LogP contribution in [0, 0.1) is 6.92 Å². The Balaban J connectivity index is 1.80. The van der Waals surface area contributed by atoms with Crippen LogP contribution in [0.3, 0.4) is 0 Å². The molecule has 2 aromatic rings. The van der Waals surface area contributed by atoms with Crippen molar-refractivity contribution in [2.24, 2.45) is 0 Å². The minimum absolute atomic E-state index is 0.0572. The van der Waals surface area contributed by atoms with E-state index in [4.69, 9.17) is 0 Å². The van der Waals surface area contributed by atoms with Crippen molar-refractivity contribution in [3.63, 3.8) is 0 Å². The number of carbonyl (C=O) groups excluding carboxylic acids is 1. The molecule has 1 fully saturated rings. The zero-order valence-corrected chi connectivity index (χ0v) is 12.5. The molecule has 0 aliphatic carbocycles. The van der Waals surface area contributed by atoms with E-state index in [1.165, 1.54) is 5.56 Å². The van der Waals surface area contributed by atoms with Gasteiger partial charge in [-0.15, -0.1) is 0 Å². The molecule has 3 heterocycles. The topological polar surface area (TPSA) is 61.7 Å². The number of imidazole rings is 1. The molecule has 0 spiro atoms. The molecule has 1 amide bonds. The van der Waals surface area contributed by atoms with Crippen LogP contribution in [0.2, 0.25) is 0 Å². The van der Waals surface area contributed by atoms with Gasteiger partial charge < -0.3 is 15.0 Å². The van der Waals surface area contributed by atoms with E-state index in [1.54, 1.807) is 7.05 Å². The van der Waals surface area contributed by atoms with Crippen LogP contribution < -0.4 is 10.6 Å². The van der Waals surface area contributed by atoms with Gasteiger partial charge in [0.05, 0.1) is 5.69 Å². The summed E-state index contributed by atoms with van der Waals surface area (Å²) in [5.74, 6) is 0.0572. The first-order valence-corrected chi connectivity index (χ1v) is 7.28. The summed E-state index contributed by atoms with van der Waals surface area (Å²) in [6.45, 7) is 5.20. The van der Waals surface area contributed by atoms with Crippen molar-refractivity contribution in [1.29, 1.82) is 0 Å². The van der Waals surface area contributed by atoms with Gasteiger partial charge in [-0.2, -0.15) is 0 Å². The Hall–Kier alpha value is -1.92. The van der Waals surface area contributed by atoms with Crippen LogP contribution in [0.15, 0.2) is 24.5 Å². The van der Waals surface area contributed by atoms with Crippen LogP contribution in [0.4, 0.5) is 0 Å². The maximum absolute atomic E-state index is 12.0. The van der Waals surface area contributed by atoms with Gasteiger partial charge in [-0.25, -0.2) is 4.98 Å². The Morgan fingerprint density at radius 2 is 2.33 bits per heavy atom. The number of pyridine rings is 1. The molecular weight excluding hydrogens is 266 g/mol. The highest BCUT2D eigenvalue weighted by Crippen LogP contribution is 2.12. The van der Waals surface area contributed by atoms with Gasteiger partial charge in [0.2, 0.25) is 5.91 Å². The van der Waals surface area contributed by atoms with Crippen molar-refractivity contribution in [1.82, 2.24) is 24.9 Å². The number of hydrogen-bond donors (Lipinski definition) is 2. The van der Waals surface area contributed by atoms with Crippen molar-refractivity contribution in [3.05, 3.63) is 35.8 Å². The minimum atomic E-state index is -0.129. The molecule has 2 N–H and O–H groups in total. The Morgan fingerprint density at radius 1 is 1.48 bits per heavy atom. The third kappa shape index (κ3) is 2.91. The van der Waals surface area contributed by atoms with E-state index in [0.717, 1.165) is 24.4 Å². The third-order valence-electron chi connectivity index (χ3n) is 3.92. The average Bonchev–Trinajstić information content (AvgIpc) is 2.88. The average molecular weight is 287 g/mol. The first kappa shape index (κ1) is 14.0. The molecule has 1 atom stereocenters. The van der Waals surface area contributed by atoms with E-state index in [0.29, 0.717) is 13.1 Å². The lowest BCUT2D eigenvalue weighted by molar-refractivity contribution is -0.126. The van der Waals surface area contributed by atoms with Crippen molar-refractivity contribution >= 4 is 11.6 Å². The minimum Gasteiger partial charge on any atom is -0.358 e. The van der Waals surface area contributed by atoms with Crippen LogP contribution >= 0.6 is 0 Å². The second-order valence-electron chi connectivity index (χ2n) is 5.51. The van der Waals surface area contributed by atoms with Gasteiger partial charge in [0, 0.05) is 45.6 Å². The highest BCUT2D eigenvalue weighted by Gasteiger charge is 2.28. The predicted molar refractivity (Wildman–Crippen MR) is 81.1 cm³/mol. The fourth-order valence-electron chi connectivity index (χ4n) is 2.80.